The van der Waals surface area contributed by atoms with Crippen molar-refractivity contribution in [2.45, 2.75) is 31.7 Å². The summed E-state index contributed by atoms with van der Waals surface area (Å²) in [6.07, 6.45) is 3.99. The molecular weight excluding hydrogens is 400 g/mol. The first-order valence-electron chi connectivity index (χ1n) is 9.77. The molecular formula is C23H19ClN4O2. The van der Waals surface area contributed by atoms with Crippen LogP contribution in [0.1, 0.15) is 47.2 Å². The Labute approximate surface area is 179 Å². The van der Waals surface area contributed by atoms with Gasteiger partial charge < -0.3 is 10.6 Å². The Bertz CT molecular complexity index is 1110. The topological polar surface area (TPSA) is 94.3 Å². The molecule has 1 aliphatic carbocycles. The van der Waals surface area contributed by atoms with Crippen LogP contribution in [-0.4, -0.2) is 23.7 Å². The Morgan fingerprint density at radius 2 is 1.70 bits per heavy atom. The fraction of sp³-hybridized carbons (Fsp3) is 0.217. The zero-order valence-corrected chi connectivity index (χ0v) is 16.9. The van der Waals surface area contributed by atoms with Crippen molar-refractivity contribution in [3.8, 4) is 6.07 Å². The normalized spacial score (nSPS) is 17.0. The Morgan fingerprint density at radius 3 is 2.37 bits per heavy atom. The van der Waals surface area contributed by atoms with Crippen LogP contribution in [0.2, 0.25) is 5.02 Å². The minimum atomic E-state index is -0.428. The van der Waals surface area contributed by atoms with Gasteiger partial charge in [0, 0.05) is 27.8 Å². The van der Waals surface area contributed by atoms with Crippen molar-refractivity contribution in [2.24, 2.45) is 4.99 Å². The predicted octanol–water partition coefficient (Wildman–Crippen LogP) is 3.82. The highest BCUT2D eigenvalue weighted by Crippen LogP contribution is 2.31. The molecule has 1 fully saturated rings. The molecule has 2 N–H and O–H groups in total. The lowest BCUT2D eigenvalue weighted by Gasteiger charge is -2.11. The van der Waals surface area contributed by atoms with Crippen molar-refractivity contribution >= 4 is 34.9 Å². The first-order valence-corrected chi connectivity index (χ1v) is 10.1. The number of nitriles is 1. The third-order valence-electron chi connectivity index (χ3n) is 5.27. The molecule has 1 saturated carbocycles. The monoisotopic (exact) mass is 418 g/mol. The summed E-state index contributed by atoms with van der Waals surface area (Å²) >= 11 is 5.88. The quantitative estimate of drug-likeness (QED) is 0.586. The largest absolute Gasteiger partial charge is 0.349 e. The number of rotatable bonds is 3. The van der Waals surface area contributed by atoms with E-state index >= 15 is 0 Å². The van der Waals surface area contributed by atoms with Crippen LogP contribution in [0.3, 0.4) is 0 Å². The van der Waals surface area contributed by atoms with Gasteiger partial charge in [0.25, 0.3) is 11.8 Å². The summed E-state index contributed by atoms with van der Waals surface area (Å²) in [6, 6.07) is 15.8. The lowest BCUT2D eigenvalue weighted by molar-refractivity contribution is -0.117. The molecule has 0 unspecified atom stereocenters. The van der Waals surface area contributed by atoms with Crippen LogP contribution in [-0.2, 0) is 4.79 Å². The van der Waals surface area contributed by atoms with E-state index in [0.29, 0.717) is 27.5 Å². The van der Waals surface area contributed by atoms with Crippen LogP contribution in [0.4, 0.5) is 0 Å². The number of aliphatic imine (C=N–C) groups is 1. The summed E-state index contributed by atoms with van der Waals surface area (Å²) in [5, 5.41) is 15.9. The number of amides is 2. The Balaban J connectivity index is 1.66. The predicted molar refractivity (Wildman–Crippen MR) is 115 cm³/mol. The van der Waals surface area contributed by atoms with Crippen LogP contribution in [0, 0.1) is 11.3 Å². The van der Waals surface area contributed by atoms with Crippen LogP contribution >= 0.6 is 11.6 Å². The molecule has 0 bridgehead atoms. The number of carbonyl (C=O) groups excluding carboxylic acids is 2. The molecule has 150 valence electrons. The highest BCUT2D eigenvalue weighted by molar-refractivity contribution is 6.30. The van der Waals surface area contributed by atoms with Crippen molar-refractivity contribution in [2.75, 3.05) is 0 Å². The molecule has 7 heteroatoms. The van der Waals surface area contributed by atoms with Crippen LogP contribution in [0.5, 0.6) is 0 Å². The number of nitrogens with zero attached hydrogens (tertiary/aromatic N) is 2. The molecule has 2 aliphatic rings. The van der Waals surface area contributed by atoms with Gasteiger partial charge in [-0.1, -0.05) is 48.7 Å². The number of nitrogens with one attached hydrogen (secondary N) is 2. The van der Waals surface area contributed by atoms with Gasteiger partial charge in [0.2, 0.25) is 0 Å². The first kappa shape index (κ1) is 19.9. The maximum absolute atomic E-state index is 12.7. The Morgan fingerprint density at radius 1 is 1.03 bits per heavy atom. The summed E-state index contributed by atoms with van der Waals surface area (Å²) < 4.78 is 0. The van der Waals surface area contributed by atoms with Crippen molar-refractivity contribution < 1.29 is 9.59 Å². The number of benzene rings is 2. The number of amidine groups is 1. The lowest BCUT2D eigenvalue weighted by Crippen LogP contribution is -2.33. The van der Waals surface area contributed by atoms with E-state index in [1.165, 1.54) is 0 Å². The second kappa shape index (κ2) is 8.52. The summed E-state index contributed by atoms with van der Waals surface area (Å²) in [6.45, 7) is 0. The van der Waals surface area contributed by atoms with Gasteiger partial charge in [-0.2, -0.15) is 5.26 Å². The average molecular weight is 419 g/mol. The van der Waals surface area contributed by atoms with E-state index < -0.39 is 5.91 Å². The van der Waals surface area contributed by atoms with E-state index in [-0.39, 0.29) is 23.2 Å². The van der Waals surface area contributed by atoms with E-state index in [2.05, 4.69) is 15.6 Å². The van der Waals surface area contributed by atoms with Gasteiger partial charge in [-0.05, 0) is 37.1 Å². The van der Waals surface area contributed by atoms with E-state index in [1.807, 2.05) is 18.2 Å². The maximum atomic E-state index is 12.7. The number of hydrogen-bond acceptors (Lipinski definition) is 4. The standard InChI is InChI=1S/C23H19ClN4O2/c24-15-11-9-14(10-12-15)22(29)28-21-18-8-4-3-7-17(18)20(27-21)19(13-25)23(30)26-16-5-1-2-6-16/h3-4,7-12,16H,1-2,5-6H2,(H,26,30)(H,27,28,29)/b20-19-. The summed E-state index contributed by atoms with van der Waals surface area (Å²) in [5.41, 5.74) is 1.95. The van der Waals surface area contributed by atoms with Gasteiger partial charge in [0.05, 0.1) is 5.70 Å². The SMILES string of the molecule is N#C/C(C(=O)NC1CCCC1)=C1/N=C(NC(=O)c2ccc(Cl)cc2)c2ccccc21. The molecule has 6 nitrogen and oxygen atoms in total. The zero-order valence-electron chi connectivity index (χ0n) is 16.1. The van der Waals surface area contributed by atoms with Gasteiger partial charge in [0.1, 0.15) is 17.5 Å². The highest BCUT2D eigenvalue weighted by Gasteiger charge is 2.28. The number of carbonyl (C=O) groups is 2. The molecule has 0 saturated heterocycles. The molecule has 2 aromatic rings. The molecule has 0 atom stereocenters. The van der Waals surface area contributed by atoms with Gasteiger partial charge in [-0.3, -0.25) is 9.59 Å². The van der Waals surface area contributed by atoms with E-state index in [1.54, 1.807) is 36.4 Å². The molecule has 0 radical (unpaired) electrons. The van der Waals surface area contributed by atoms with Crippen LogP contribution < -0.4 is 10.6 Å². The zero-order chi connectivity index (χ0) is 21.1. The number of fused-ring (bicyclic) bond motifs is 1. The summed E-state index contributed by atoms with van der Waals surface area (Å²) in [7, 11) is 0. The minimum Gasteiger partial charge on any atom is -0.349 e. The summed E-state index contributed by atoms with van der Waals surface area (Å²) in [4.78, 5) is 29.8. The fourth-order valence-electron chi connectivity index (χ4n) is 3.73. The Kier molecular flexibility index (Phi) is 5.64. The third kappa shape index (κ3) is 3.98. The highest BCUT2D eigenvalue weighted by atomic mass is 35.5. The van der Waals surface area contributed by atoms with E-state index in [4.69, 9.17) is 11.6 Å². The van der Waals surface area contributed by atoms with Gasteiger partial charge in [-0.15, -0.1) is 0 Å². The third-order valence-corrected chi connectivity index (χ3v) is 5.52. The van der Waals surface area contributed by atoms with Gasteiger partial charge in [-0.25, -0.2) is 4.99 Å². The smallest absolute Gasteiger partial charge is 0.264 e. The molecule has 2 aromatic carbocycles. The minimum absolute atomic E-state index is 0.0508. The fourth-order valence-corrected chi connectivity index (χ4v) is 3.86. The first-order chi connectivity index (χ1) is 14.6. The van der Waals surface area contributed by atoms with Crippen molar-refractivity contribution in [3.05, 3.63) is 75.8 Å². The lowest BCUT2D eigenvalue weighted by atomic mass is 10.0. The molecule has 0 spiro atoms. The van der Waals surface area contributed by atoms with Crippen molar-refractivity contribution in [1.82, 2.24) is 10.6 Å². The molecule has 1 heterocycles. The second-order valence-electron chi connectivity index (χ2n) is 7.26. The summed E-state index contributed by atoms with van der Waals surface area (Å²) in [5.74, 6) is -0.472. The van der Waals surface area contributed by atoms with Gasteiger partial charge in [0.15, 0.2) is 0 Å². The molecule has 2 amide bonds. The number of halogens is 1. The van der Waals surface area contributed by atoms with Crippen molar-refractivity contribution in [1.29, 1.82) is 5.26 Å². The molecule has 4 rings (SSSR count). The molecule has 1 aliphatic heterocycles. The van der Waals surface area contributed by atoms with Crippen LogP contribution in [0.15, 0.2) is 59.1 Å². The van der Waals surface area contributed by atoms with E-state index in [0.717, 1.165) is 25.7 Å². The number of hydrogen-bond donors (Lipinski definition) is 2. The molecule has 0 aromatic heterocycles. The van der Waals surface area contributed by atoms with Crippen molar-refractivity contribution in [3.63, 3.8) is 0 Å². The Hall–Kier alpha value is -3.43. The van der Waals surface area contributed by atoms with Gasteiger partial charge >= 0.3 is 0 Å². The molecule has 30 heavy (non-hydrogen) atoms. The maximum Gasteiger partial charge on any atom is 0.264 e. The van der Waals surface area contributed by atoms with E-state index in [9.17, 15) is 14.9 Å². The van der Waals surface area contributed by atoms with Crippen LogP contribution in [0.25, 0.3) is 5.70 Å². The second-order valence-corrected chi connectivity index (χ2v) is 7.69. The average Bonchev–Trinajstić information content (AvgIpc) is 3.38.